The molecule has 0 atom stereocenters. The monoisotopic (exact) mass is 249 g/mol. The zero-order valence-corrected chi connectivity index (χ0v) is 11.3. The Morgan fingerprint density at radius 3 is 1.89 bits per heavy atom. The van der Waals surface area contributed by atoms with Crippen LogP contribution in [0.3, 0.4) is 0 Å². The van der Waals surface area contributed by atoms with E-state index in [0.717, 1.165) is 13.0 Å². The quantitative estimate of drug-likeness (QED) is 0.852. The molecule has 2 aromatic rings. The zero-order valence-electron chi connectivity index (χ0n) is 11.3. The lowest BCUT2D eigenvalue weighted by atomic mass is 9.71. The highest BCUT2D eigenvalue weighted by molar-refractivity contribution is 5.49. The molecule has 96 valence electrons. The standard InChI is InChI=1S/C18H19N/c1-2-17-18(13-14-19-17,15-9-5-3-6-10-15)16-11-7-4-8-12-16/h2-12,19H,13-14H2,1H3/b17-2-. The minimum Gasteiger partial charge on any atom is -0.388 e. The maximum atomic E-state index is 3.56. The molecular weight excluding hydrogens is 230 g/mol. The summed E-state index contributed by atoms with van der Waals surface area (Å²) in [7, 11) is 0. The molecule has 1 N–H and O–H groups in total. The van der Waals surface area contributed by atoms with Gasteiger partial charge in [0.2, 0.25) is 0 Å². The van der Waals surface area contributed by atoms with Gasteiger partial charge in [0.25, 0.3) is 0 Å². The summed E-state index contributed by atoms with van der Waals surface area (Å²) in [6, 6.07) is 21.6. The summed E-state index contributed by atoms with van der Waals surface area (Å²) < 4.78 is 0. The van der Waals surface area contributed by atoms with Gasteiger partial charge in [0.05, 0.1) is 5.41 Å². The molecule has 3 rings (SSSR count). The zero-order chi connectivity index (χ0) is 13.1. The molecule has 1 aliphatic heterocycles. The van der Waals surface area contributed by atoms with E-state index in [0.29, 0.717) is 0 Å². The van der Waals surface area contributed by atoms with E-state index in [1.807, 2.05) is 0 Å². The summed E-state index contributed by atoms with van der Waals surface area (Å²) in [5, 5.41) is 3.56. The van der Waals surface area contributed by atoms with Crippen LogP contribution in [0.2, 0.25) is 0 Å². The van der Waals surface area contributed by atoms with Gasteiger partial charge >= 0.3 is 0 Å². The first-order valence-corrected chi connectivity index (χ1v) is 6.89. The Morgan fingerprint density at radius 1 is 0.895 bits per heavy atom. The maximum Gasteiger partial charge on any atom is 0.0611 e. The molecule has 0 bridgehead atoms. The lowest BCUT2D eigenvalue weighted by Crippen LogP contribution is -2.28. The van der Waals surface area contributed by atoms with Crippen molar-refractivity contribution in [1.29, 1.82) is 0 Å². The topological polar surface area (TPSA) is 12.0 Å². The van der Waals surface area contributed by atoms with Gasteiger partial charge in [-0.1, -0.05) is 66.7 Å². The van der Waals surface area contributed by atoms with Crippen molar-refractivity contribution < 1.29 is 0 Å². The molecule has 1 fully saturated rings. The Hall–Kier alpha value is -2.02. The van der Waals surface area contributed by atoms with E-state index in [1.54, 1.807) is 0 Å². The van der Waals surface area contributed by atoms with Crippen LogP contribution in [0.5, 0.6) is 0 Å². The summed E-state index contributed by atoms with van der Waals surface area (Å²) in [4.78, 5) is 0. The van der Waals surface area contributed by atoms with Gasteiger partial charge in [-0.15, -0.1) is 0 Å². The van der Waals surface area contributed by atoms with E-state index in [1.165, 1.54) is 16.8 Å². The van der Waals surface area contributed by atoms with Gasteiger partial charge in [0, 0.05) is 12.2 Å². The van der Waals surface area contributed by atoms with Crippen molar-refractivity contribution in [2.24, 2.45) is 0 Å². The molecule has 0 amide bonds. The molecule has 0 radical (unpaired) electrons. The number of nitrogens with one attached hydrogen (secondary N) is 1. The second-order valence-electron chi connectivity index (χ2n) is 5.02. The van der Waals surface area contributed by atoms with E-state index >= 15 is 0 Å². The molecule has 1 heteroatoms. The fourth-order valence-electron chi connectivity index (χ4n) is 3.23. The summed E-state index contributed by atoms with van der Waals surface area (Å²) in [5.74, 6) is 0. The van der Waals surface area contributed by atoms with Crippen LogP contribution in [-0.2, 0) is 5.41 Å². The van der Waals surface area contributed by atoms with Crippen LogP contribution >= 0.6 is 0 Å². The van der Waals surface area contributed by atoms with Crippen molar-refractivity contribution in [3.63, 3.8) is 0 Å². The third-order valence-electron chi connectivity index (χ3n) is 4.10. The Bertz CT molecular complexity index is 530. The Kier molecular flexibility index (Phi) is 3.12. The van der Waals surface area contributed by atoms with E-state index in [2.05, 4.69) is 79.0 Å². The van der Waals surface area contributed by atoms with Crippen LogP contribution in [0.1, 0.15) is 24.5 Å². The molecule has 1 saturated heterocycles. The van der Waals surface area contributed by atoms with Gasteiger partial charge in [-0.05, 0) is 24.5 Å². The summed E-state index contributed by atoms with van der Waals surface area (Å²) >= 11 is 0. The van der Waals surface area contributed by atoms with Gasteiger partial charge < -0.3 is 5.32 Å². The van der Waals surface area contributed by atoms with Gasteiger partial charge in [-0.3, -0.25) is 0 Å². The maximum absolute atomic E-state index is 3.56. The van der Waals surface area contributed by atoms with Crippen LogP contribution < -0.4 is 5.32 Å². The normalized spacial score (nSPS) is 19.3. The fourth-order valence-corrected chi connectivity index (χ4v) is 3.23. The van der Waals surface area contributed by atoms with Crippen molar-refractivity contribution in [3.8, 4) is 0 Å². The first-order valence-electron chi connectivity index (χ1n) is 6.89. The Balaban J connectivity index is 2.23. The number of benzene rings is 2. The molecule has 0 saturated carbocycles. The highest BCUT2D eigenvalue weighted by atomic mass is 14.9. The van der Waals surface area contributed by atoms with Crippen LogP contribution in [0.25, 0.3) is 0 Å². The highest BCUT2D eigenvalue weighted by Gasteiger charge is 2.41. The van der Waals surface area contributed by atoms with Gasteiger partial charge in [-0.25, -0.2) is 0 Å². The molecule has 0 spiro atoms. The van der Waals surface area contributed by atoms with E-state index in [4.69, 9.17) is 0 Å². The summed E-state index contributed by atoms with van der Waals surface area (Å²) in [6.45, 7) is 3.15. The highest BCUT2D eigenvalue weighted by Crippen LogP contribution is 2.43. The predicted octanol–water partition coefficient (Wildman–Crippen LogP) is 3.87. The molecule has 2 aromatic carbocycles. The molecule has 1 heterocycles. The third kappa shape index (κ3) is 1.86. The van der Waals surface area contributed by atoms with Crippen molar-refractivity contribution in [3.05, 3.63) is 83.6 Å². The SMILES string of the molecule is C/C=C1\NCCC1(c1ccccc1)c1ccccc1. The Morgan fingerprint density at radius 2 is 1.42 bits per heavy atom. The van der Waals surface area contributed by atoms with Crippen molar-refractivity contribution >= 4 is 0 Å². The van der Waals surface area contributed by atoms with Gasteiger partial charge in [0.1, 0.15) is 0 Å². The van der Waals surface area contributed by atoms with E-state index in [-0.39, 0.29) is 5.41 Å². The second kappa shape index (κ2) is 4.93. The first kappa shape index (κ1) is 12.0. The van der Waals surface area contributed by atoms with Gasteiger partial charge in [-0.2, -0.15) is 0 Å². The number of hydrogen-bond acceptors (Lipinski definition) is 1. The molecule has 0 aliphatic carbocycles. The van der Waals surface area contributed by atoms with E-state index < -0.39 is 0 Å². The lowest BCUT2D eigenvalue weighted by molar-refractivity contribution is 0.630. The van der Waals surface area contributed by atoms with Crippen LogP contribution in [0.4, 0.5) is 0 Å². The van der Waals surface area contributed by atoms with Crippen LogP contribution in [0, 0.1) is 0 Å². The Labute approximate surface area is 115 Å². The average molecular weight is 249 g/mol. The number of hydrogen-bond donors (Lipinski definition) is 1. The second-order valence-corrected chi connectivity index (χ2v) is 5.02. The minimum atomic E-state index is -0.00271. The molecule has 0 aromatic heterocycles. The van der Waals surface area contributed by atoms with Crippen LogP contribution in [-0.4, -0.2) is 6.54 Å². The fraction of sp³-hybridized carbons (Fsp3) is 0.222. The average Bonchev–Trinajstić information content (AvgIpc) is 2.94. The van der Waals surface area contributed by atoms with Crippen molar-refractivity contribution in [2.75, 3.05) is 6.54 Å². The van der Waals surface area contributed by atoms with Crippen molar-refractivity contribution in [2.45, 2.75) is 18.8 Å². The first-order chi connectivity index (χ1) is 9.38. The van der Waals surface area contributed by atoms with Gasteiger partial charge in [0.15, 0.2) is 0 Å². The number of allylic oxidation sites excluding steroid dienone is 2. The molecular formula is C18H19N. The predicted molar refractivity (Wildman–Crippen MR) is 80.0 cm³/mol. The van der Waals surface area contributed by atoms with Crippen LogP contribution in [0.15, 0.2) is 72.4 Å². The molecule has 1 nitrogen and oxygen atoms in total. The van der Waals surface area contributed by atoms with E-state index in [9.17, 15) is 0 Å². The summed E-state index contributed by atoms with van der Waals surface area (Å²) in [6.07, 6.45) is 3.33. The lowest BCUT2D eigenvalue weighted by Gasteiger charge is -2.31. The largest absolute Gasteiger partial charge is 0.388 e. The molecule has 19 heavy (non-hydrogen) atoms. The number of rotatable bonds is 2. The minimum absolute atomic E-state index is 0.00271. The summed E-state index contributed by atoms with van der Waals surface area (Å²) in [5.41, 5.74) is 4.07. The third-order valence-corrected chi connectivity index (χ3v) is 4.10. The molecule has 0 unspecified atom stereocenters. The van der Waals surface area contributed by atoms with Crippen molar-refractivity contribution in [1.82, 2.24) is 5.32 Å². The smallest absolute Gasteiger partial charge is 0.0611 e. The molecule has 1 aliphatic rings.